The summed E-state index contributed by atoms with van der Waals surface area (Å²) in [5, 5.41) is 12.0. The van der Waals surface area contributed by atoms with Gasteiger partial charge in [0.1, 0.15) is 21.2 Å². The largest absolute Gasteiger partial charge is 0.496 e. The quantitative estimate of drug-likeness (QED) is 0.143. The van der Waals surface area contributed by atoms with Gasteiger partial charge in [-0.3, -0.25) is 9.78 Å². The molecule has 2 aliphatic heterocycles. The number of pyridine rings is 2. The Morgan fingerprint density at radius 2 is 1.75 bits per heavy atom. The monoisotopic (exact) mass is 746 g/mol. The zero-order chi connectivity index (χ0) is 35.7. The van der Waals surface area contributed by atoms with E-state index in [1.807, 2.05) is 60.1 Å². The van der Waals surface area contributed by atoms with Gasteiger partial charge in [-0.1, -0.05) is 53.5 Å². The fourth-order valence-corrected chi connectivity index (χ4v) is 9.15. The highest BCUT2D eigenvalue weighted by atomic mass is 35.5. The number of sulfone groups is 1. The molecule has 5 aromatic rings. The Balaban J connectivity index is 1.11. The van der Waals surface area contributed by atoms with Gasteiger partial charge in [-0.25, -0.2) is 13.4 Å². The van der Waals surface area contributed by atoms with Gasteiger partial charge in [0.2, 0.25) is 5.91 Å². The highest BCUT2D eigenvalue weighted by Gasteiger charge is 2.24. The van der Waals surface area contributed by atoms with E-state index in [2.05, 4.69) is 33.2 Å². The fraction of sp³-hybridized carbons (Fsp3) is 0.342. The van der Waals surface area contributed by atoms with Gasteiger partial charge in [0, 0.05) is 90.8 Å². The number of nitrogens with zero attached hydrogens (tertiary/aromatic N) is 3. The lowest BCUT2D eigenvalue weighted by Crippen LogP contribution is -2.37. The van der Waals surface area contributed by atoms with Crippen molar-refractivity contribution in [3.05, 3.63) is 88.2 Å². The van der Waals surface area contributed by atoms with Crippen LogP contribution in [0.5, 0.6) is 5.75 Å². The van der Waals surface area contributed by atoms with Crippen molar-refractivity contribution in [1.82, 2.24) is 30.5 Å². The summed E-state index contributed by atoms with van der Waals surface area (Å²) >= 11 is 14.2. The Morgan fingerprint density at radius 3 is 2.51 bits per heavy atom. The third-order valence-corrected chi connectivity index (χ3v) is 12.4. The Bertz CT molecular complexity index is 2210. The van der Waals surface area contributed by atoms with E-state index in [4.69, 9.17) is 32.9 Å². The Morgan fingerprint density at radius 1 is 0.961 bits per heavy atom. The number of nitrogens with one attached hydrogen (secondary N) is 3. The van der Waals surface area contributed by atoms with Gasteiger partial charge < -0.3 is 25.3 Å². The number of amides is 1. The molecule has 51 heavy (non-hydrogen) atoms. The summed E-state index contributed by atoms with van der Waals surface area (Å²) in [6.45, 7) is 1.92. The number of fused-ring (bicyclic) bond motifs is 1. The van der Waals surface area contributed by atoms with Gasteiger partial charge in [0.15, 0.2) is 0 Å². The van der Waals surface area contributed by atoms with Crippen molar-refractivity contribution in [3.8, 4) is 39.4 Å². The van der Waals surface area contributed by atoms with E-state index < -0.39 is 9.84 Å². The van der Waals surface area contributed by atoms with E-state index in [1.54, 1.807) is 13.3 Å². The molecular formula is C38H40Cl2N6O4S. The van der Waals surface area contributed by atoms with Crippen molar-refractivity contribution in [3.63, 3.8) is 0 Å². The van der Waals surface area contributed by atoms with E-state index in [0.29, 0.717) is 60.4 Å². The van der Waals surface area contributed by atoms with E-state index in [-0.39, 0.29) is 29.5 Å². The Labute approximate surface area is 307 Å². The smallest absolute Gasteiger partial charge is 0.220 e. The van der Waals surface area contributed by atoms with E-state index >= 15 is 0 Å². The number of hydrogen-bond acceptors (Lipinski definition) is 8. The first-order chi connectivity index (χ1) is 24.6. The summed E-state index contributed by atoms with van der Waals surface area (Å²) in [5.41, 5.74) is 7.39. The molecule has 1 atom stereocenters. The van der Waals surface area contributed by atoms with Crippen LogP contribution in [0.2, 0.25) is 10.0 Å². The van der Waals surface area contributed by atoms with E-state index in [9.17, 15) is 13.2 Å². The molecule has 3 aromatic heterocycles. The van der Waals surface area contributed by atoms with Gasteiger partial charge >= 0.3 is 0 Å². The summed E-state index contributed by atoms with van der Waals surface area (Å²) in [6.07, 6.45) is 6.48. The molecule has 0 unspecified atom stereocenters. The fourth-order valence-electron chi connectivity index (χ4n) is 7.01. The van der Waals surface area contributed by atoms with Crippen LogP contribution in [0.3, 0.4) is 0 Å². The topological polar surface area (TPSA) is 127 Å². The SMILES string of the molecule is COc1cc(-c2nccc(-c3cccc(-c4ccc5c(CNC6CCS(=O)(=O)CC6)cn(C)c5n4)c3Cl)c2Cl)ccc1CNC[C@@H]1CCC(=O)N1. The average molecular weight is 748 g/mol. The highest BCUT2D eigenvalue weighted by molar-refractivity contribution is 7.91. The van der Waals surface area contributed by atoms with Gasteiger partial charge in [-0.2, -0.15) is 0 Å². The number of halogens is 2. The van der Waals surface area contributed by atoms with E-state index in [1.165, 1.54) is 0 Å². The number of aryl methyl sites for hydroxylation is 1. The second-order valence-corrected chi connectivity index (χ2v) is 16.3. The van der Waals surface area contributed by atoms with Gasteiger partial charge in [0.25, 0.3) is 0 Å². The molecule has 10 nitrogen and oxygen atoms in total. The maximum absolute atomic E-state index is 11.8. The third-order valence-electron chi connectivity index (χ3n) is 9.85. The number of rotatable bonds is 11. The number of ether oxygens (including phenoxy) is 1. The summed E-state index contributed by atoms with van der Waals surface area (Å²) in [7, 11) is 0.712. The van der Waals surface area contributed by atoms with Crippen LogP contribution >= 0.6 is 23.2 Å². The van der Waals surface area contributed by atoms with Gasteiger partial charge in [-0.05, 0) is 49.1 Å². The molecule has 13 heteroatoms. The third kappa shape index (κ3) is 7.64. The number of hydrogen-bond donors (Lipinski definition) is 3. The van der Waals surface area contributed by atoms with Crippen LogP contribution in [0.25, 0.3) is 44.7 Å². The Kier molecular flexibility index (Phi) is 10.4. The first-order valence-corrected chi connectivity index (χ1v) is 19.7. The predicted octanol–water partition coefficient (Wildman–Crippen LogP) is 6.32. The van der Waals surface area contributed by atoms with E-state index in [0.717, 1.165) is 56.5 Å². The van der Waals surface area contributed by atoms with Crippen LogP contribution in [0, 0.1) is 0 Å². The zero-order valence-corrected chi connectivity index (χ0v) is 30.8. The molecule has 2 aliphatic rings. The number of methoxy groups -OCH3 is 1. The van der Waals surface area contributed by atoms with Crippen LogP contribution in [0.15, 0.2) is 67.0 Å². The van der Waals surface area contributed by atoms with Crippen molar-refractivity contribution in [2.75, 3.05) is 25.2 Å². The molecule has 0 aliphatic carbocycles. The van der Waals surface area contributed by atoms with Crippen LogP contribution < -0.4 is 20.7 Å². The van der Waals surface area contributed by atoms with Crippen LogP contribution in [0.1, 0.15) is 36.8 Å². The van der Waals surface area contributed by atoms with Gasteiger partial charge in [-0.15, -0.1) is 0 Å². The lowest BCUT2D eigenvalue weighted by atomic mass is 9.99. The minimum absolute atomic E-state index is 0.103. The lowest BCUT2D eigenvalue weighted by molar-refractivity contribution is -0.119. The molecule has 3 N–H and O–H groups in total. The first-order valence-electron chi connectivity index (χ1n) is 17.1. The van der Waals surface area contributed by atoms with Crippen molar-refractivity contribution < 1.29 is 17.9 Å². The van der Waals surface area contributed by atoms with Crippen LogP contribution in [-0.4, -0.2) is 66.1 Å². The van der Waals surface area contributed by atoms with Crippen molar-refractivity contribution in [1.29, 1.82) is 0 Å². The highest BCUT2D eigenvalue weighted by Crippen LogP contribution is 2.42. The molecule has 1 amide bonds. The van der Waals surface area contributed by atoms with Crippen molar-refractivity contribution in [2.45, 2.75) is 50.9 Å². The summed E-state index contributed by atoms with van der Waals surface area (Å²) in [5.74, 6) is 1.29. The minimum Gasteiger partial charge on any atom is -0.496 e. The average Bonchev–Trinajstić information content (AvgIpc) is 3.69. The molecule has 0 radical (unpaired) electrons. The molecule has 0 saturated carbocycles. The molecule has 0 bridgehead atoms. The molecule has 5 heterocycles. The number of carbonyl (C=O) groups excluding carboxylic acids is 1. The standard InChI is InChI=1S/C38H40Cl2N6O4S/c1-46-22-25(20-43-26-13-16-51(48,49)17-14-26)28-9-10-32(45-38(28)46)31-5-3-4-29(35(31)39)30-12-15-42-37(36(30)40)23-6-7-24(33(18-23)50-2)19-41-21-27-8-11-34(47)44-27/h3-7,9-10,12,15,18,22,26-27,41,43H,8,11,13-14,16-17,19-21H2,1-2H3,(H,44,47)/t27-/m0/s1. The normalized spacial score (nSPS) is 17.6. The Hall–Kier alpha value is -4.00. The van der Waals surface area contributed by atoms with Gasteiger partial charge in [0.05, 0.1) is 40.0 Å². The molecular weight excluding hydrogens is 707 g/mol. The number of aromatic nitrogens is 3. The molecule has 2 fully saturated rings. The number of benzene rings is 2. The second-order valence-electron chi connectivity index (χ2n) is 13.3. The zero-order valence-electron chi connectivity index (χ0n) is 28.5. The molecule has 2 saturated heterocycles. The molecule has 2 aromatic carbocycles. The van der Waals surface area contributed by atoms with Crippen LogP contribution in [-0.2, 0) is 34.8 Å². The predicted molar refractivity (Wildman–Crippen MR) is 203 cm³/mol. The number of carbonyl (C=O) groups is 1. The summed E-state index contributed by atoms with van der Waals surface area (Å²) < 4.78 is 31.4. The summed E-state index contributed by atoms with van der Waals surface area (Å²) in [6, 6.07) is 18.0. The van der Waals surface area contributed by atoms with Crippen LogP contribution in [0.4, 0.5) is 0 Å². The van der Waals surface area contributed by atoms with Crippen molar-refractivity contribution >= 4 is 50.0 Å². The van der Waals surface area contributed by atoms with Crippen molar-refractivity contribution in [2.24, 2.45) is 7.05 Å². The lowest BCUT2D eigenvalue weighted by Gasteiger charge is -2.23. The minimum atomic E-state index is -2.90. The molecule has 7 rings (SSSR count). The maximum atomic E-state index is 11.8. The first kappa shape index (κ1) is 35.4. The second kappa shape index (κ2) is 14.9. The molecule has 266 valence electrons. The molecule has 0 spiro atoms. The maximum Gasteiger partial charge on any atom is 0.220 e. The summed E-state index contributed by atoms with van der Waals surface area (Å²) in [4.78, 5) is 21.2.